The molecule has 3 heteroatoms. The smallest absolute Gasteiger partial charge is 0.227 e. The molecule has 0 saturated heterocycles. The minimum absolute atomic E-state index is 0.0227. The van der Waals surface area contributed by atoms with Crippen LogP contribution in [-0.4, -0.2) is 9.55 Å². The average Bonchev–Trinajstić information content (AvgIpc) is 3.59. The van der Waals surface area contributed by atoms with Gasteiger partial charge in [-0.3, -0.25) is 0 Å². The minimum Gasteiger partial charge on any atom is -0.436 e. The predicted molar refractivity (Wildman–Crippen MR) is 177 cm³/mol. The average molecular weight is 549 g/mol. The number of rotatable bonds is 5. The molecule has 208 valence electrons. The van der Waals surface area contributed by atoms with Crippen LogP contribution in [0.5, 0.6) is 0 Å². The SMILES string of the molecule is CCC(C)c1cc(C(C)(C)C)c2nc(-c3ccc(-c4ccc(-n5c6ccccc6c6ccccc65)cc4)cc3)oc2c1. The van der Waals surface area contributed by atoms with Gasteiger partial charge >= 0.3 is 0 Å². The first-order chi connectivity index (χ1) is 20.3. The summed E-state index contributed by atoms with van der Waals surface area (Å²) in [5.74, 6) is 1.15. The van der Waals surface area contributed by atoms with Crippen molar-refractivity contribution in [1.29, 1.82) is 0 Å². The summed E-state index contributed by atoms with van der Waals surface area (Å²) in [7, 11) is 0. The molecule has 2 heterocycles. The fraction of sp³-hybridized carbons (Fsp3) is 0.205. The lowest BCUT2D eigenvalue weighted by Crippen LogP contribution is -2.12. The van der Waals surface area contributed by atoms with Gasteiger partial charge in [0, 0.05) is 22.0 Å². The van der Waals surface area contributed by atoms with E-state index < -0.39 is 0 Å². The van der Waals surface area contributed by atoms with E-state index in [9.17, 15) is 0 Å². The van der Waals surface area contributed by atoms with Gasteiger partial charge in [0.25, 0.3) is 0 Å². The number of benzene rings is 5. The Balaban J connectivity index is 1.22. The third-order valence-electron chi connectivity index (χ3n) is 8.68. The van der Waals surface area contributed by atoms with Gasteiger partial charge in [-0.15, -0.1) is 0 Å². The summed E-state index contributed by atoms with van der Waals surface area (Å²) in [6, 6.07) is 39.2. The van der Waals surface area contributed by atoms with E-state index in [4.69, 9.17) is 9.40 Å². The highest BCUT2D eigenvalue weighted by Crippen LogP contribution is 2.37. The first-order valence-electron chi connectivity index (χ1n) is 15.0. The number of oxazole rings is 1. The van der Waals surface area contributed by atoms with Gasteiger partial charge in [0.2, 0.25) is 5.89 Å². The molecule has 2 aromatic heterocycles. The lowest BCUT2D eigenvalue weighted by molar-refractivity contribution is 0.590. The van der Waals surface area contributed by atoms with E-state index in [2.05, 4.69) is 148 Å². The molecule has 0 aliphatic carbocycles. The summed E-state index contributed by atoms with van der Waals surface area (Å²) < 4.78 is 8.73. The van der Waals surface area contributed by atoms with E-state index in [1.165, 1.54) is 38.5 Å². The number of hydrogen-bond acceptors (Lipinski definition) is 2. The molecule has 0 saturated carbocycles. The van der Waals surface area contributed by atoms with Crippen LogP contribution in [-0.2, 0) is 5.41 Å². The number of para-hydroxylation sites is 2. The van der Waals surface area contributed by atoms with Crippen molar-refractivity contribution in [2.24, 2.45) is 0 Å². The van der Waals surface area contributed by atoms with E-state index in [1.54, 1.807) is 0 Å². The largest absolute Gasteiger partial charge is 0.436 e. The standard InChI is InChI=1S/C39H36N2O/c1-6-25(2)29-23-33(39(3,4)5)37-36(24-29)42-38(40-37)28-17-15-26(16-18-28)27-19-21-30(22-20-27)41-34-13-9-7-11-31(34)32-12-8-10-14-35(32)41/h7-25H,6H2,1-5H3. The maximum Gasteiger partial charge on any atom is 0.227 e. The molecule has 5 aromatic carbocycles. The van der Waals surface area contributed by atoms with Gasteiger partial charge in [-0.1, -0.05) is 101 Å². The van der Waals surface area contributed by atoms with Gasteiger partial charge in [-0.2, -0.15) is 0 Å². The summed E-state index contributed by atoms with van der Waals surface area (Å²) in [6.45, 7) is 11.3. The maximum atomic E-state index is 6.38. The molecule has 0 amide bonds. The first kappa shape index (κ1) is 26.3. The molecule has 3 nitrogen and oxygen atoms in total. The highest BCUT2D eigenvalue weighted by Gasteiger charge is 2.23. The van der Waals surface area contributed by atoms with Crippen LogP contribution in [0.1, 0.15) is 58.1 Å². The lowest BCUT2D eigenvalue weighted by Gasteiger charge is -2.21. The molecule has 42 heavy (non-hydrogen) atoms. The Labute approximate surface area is 247 Å². The zero-order chi connectivity index (χ0) is 29.0. The van der Waals surface area contributed by atoms with E-state index in [1.807, 2.05) is 0 Å². The first-order valence-corrected chi connectivity index (χ1v) is 15.0. The van der Waals surface area contributed by atoms with Crippen molar-refractivity contribution in [1.82, 2.24) is 9.55 Å². The fourth-order valence-corrected chi connectivity index (χ4v) is 6.08. The monoisotopic (exact) mass is 548 g/mol. The van der Waals surface area contributed by atoms with Crippen molar-refractivity contribution in [3.05, 3.63) is 120 Å². The molecular formula is C39H36N2O. The minimum atomic E-state index is -0.0227. The zero-order valence-electron chi connectivity index (χ0n) is 25.0. The molecule has 1 unspecified atom stereocenters. The van der Waals surface area contributed by atoms with Crippen LogP contribution < -0.4 is 0 Å². The highest BCUT2D eigenvalue weighted by molar-refractivity contribution is 6.09. The molecule has 1 atom stereocenters. The normalized spacial score (nSPS) is 12.9. The van der Waals surface area contributed by atoms with Crippen molar-refractivity contribution in [3.8, 4) is 28.3 Å². The molecule has 7 aromatic rings. The van der Waals surface area contributed by atoms with Crippen LogP contribution in [0, 0.1) is 0 Å². The summed E-state index contributed by atoms with van der Waals surface area (Å²) in [4.78, 5) is 5.00. The van der Waals surface area contributed by atoms with Crippen molar-refractivity contribution < 1.29 is 4.42 Å². The van der Waals surface area contributed by atoms with Crippen LogP contribution in [0.2, 0.25) is 0 Å². The Morgan fingerprint density at radius 3 is 1.83 bits per heavy atom. The Morgan fingerprint density at radius 2 is 1.26 bits per heavy atom. The highest BCUT2D eigenvalue weighted by atomic mass is 16.3. The van der Waals surface area contributed by atoms with Gasteiger partial charge in [0.1, 0.15) is 5.52 Å². The fourth-order valence-electron chi connectivity index (χ4n) is 6.08. The number of fused-ring (bicyclic) bond motifs is 4. The Morgan fingerprint density at radius 1 is 0.714 bits per heavy atom. The molecule has 0 spiro atoms. The van der Waals surface area contributed by atoms with Gasteiger partial charge < -0.3 is 8.98 Å². The second-order valence-electron chi connectivity index (χ2n) is 12.5. The maximum absolute atomic E-state index is 6.38. The molecule has 0 bridgehead atoms. The molecule has 0 N–H and O–H groups in total. The second kappa shape index (κ2) is 10.0. The van der Waals surface area contributed by atoms with E-state index in [-0.39, 0.29) is 5.41 Å². The molecule has 7 rings (SSSR count). The van der Waals surface area contributed by atoms with Gasteiger partial charge in [-0.05, 0) is 82.5 Å². The topological polar surface area (TPSA) is 31.0 Å². The van der Waals surface area contributed by atoms with Crippen molar-refractivity contribution in [2.75, 3.05) is 0 Å². The third kappa shape index (κ3) is 4.41. The molecule has 0 aliphatic heterocycles. The summed E-state index contributed by atoms with van der Waals surface area (Å²) >= 11 is 0. The van der Waals surface area contributed by atoms with E-state index >= 15 is 0 Å². The zero-order valence-corrected chi connectivity index (χ0v) is 25.0. The quantitative estimate of drug-likeness (QED) is 0.214. The molecule has 0 radical (unpaired) electrons. The lowest BCUT2D eigenvalue weighted by atomic mass is 9.83. The predicted octanol–water partition coefficient (Wildman–Crippen LogP) is 11.1. The molecule has 0 fully saturated rings. The second-order valence-corrected chi connectivity index (χ2v) is 12.5. The summed E-state index contributed by atoms with van der Waals surface area (Å²) in [6.07, 6.45) is 1.09. The number of aromatic nitrogens is 2. The third-order valence-corrected chi connectivity index (χ3v) is 8.68. The van der Waals surface area contributed by atoms with Crippen LogP contribution in [0.25, 0.3) is 61.2 Å². The molecule has 0 aliphatic rings. The van der Waals surface area contributed by atoms with Gasteiger partial charge in [-0.25, -0.2) is 4.98 Å². The van der Waals surface area contributed by atoms with Crippen molar-refractivity contribution >= 4 is 32.9 Å². The summed E-state index contributed by atoms with van der Waals surface area (Å²) in [5, 5.41) is 2.55. The number of nitrogens with zero attached hydrogens (tertiary/aromatic N) is 2. The van der Waals surface area contributed by atoms with Crippen molar-refractivity contribution in [3.63, 3.8) is 0 Å². The van der Waals surface area contributed by atoms with E-state index in [0.717, 1.165) is 34.3 Å². The number of hydrogen-bond donors (Lipinski definition) is 0. The van der Waals surface area contributed by atoms with Crippen LogP contribution in [0.4, 0.5) is 0 Å². The Kier molecular flexibility index (Phi) is 6.27. The molecular weight excluding hydrogens is 512 g/mol. The Hall–Kier alpha value is -4.63. The Bertz CT molecular complexity index is 2000. The van der Waals surface area contributed by atoms with Gasteiger partial charge in [0.05, 0.1) is 11.0 Å². The van der Waals surface area contributed by atoms with Crippen LogP contribution in [0.15, 0.2) is 114 Å². The van der Waals surface area contributed by atoms with E-state index in [0.29, 0.717) is 11.8 Å². The van der Waals surface area contributed by atoms with Crippen molar-refractivity contribution in [2.45, 2.75) is 52.4 Å². The summed E-state index contributed by atoms with van der Waals surface area (Å²) in [5.41, 5.74) is 11.3. The van der Waals surface area contributed by atoms with Crippen LogP contribution in [0.3, 0.4) is 0 Å². The van der Waals surface area contributed by atoms with Gasteiger partial charge in [0.15, 0.2) is 5.58 Å². The van der Waals surface area contributed by atoms with Crippen LogP contribution >= 0.6 is 0 Å².